The standard InChI is InChI=1S/C17H17N3/c1-12-6-3-4-8-15(12)20(2)16-10-9-14(18)17-13(16)7-5-11-19-17/h3-11H,18H2,1-2H3. The van der Waals surface area contributed by atoms with Crippen molar-refractivity contribution in [1.29, 1.82) is 0 Å². The maximum atomic E-state index is 6.01. The number of para-hydroxylation sites is 1. The molecule has 0 aliphatic rings. The lowest BCUT2D eigenvalue weighted by molar-refractivity contribution is 1.19. The van der Waals surface area contributed by atoms with E-state index in [0.29, 0.717) is 5.69 Å². The third kappa shape index (κ3) is 1.97. The van der Waals surface area contributed by atoms with Gasteiger partial charge < -0.3 is 10.6 Å². The molecule has 0 atom stereocenters. The van der Waals surface area contributed by atoms with Crippen molar-refractivity contribution in [2.24, 2.45) is 0 Å². The van der Waals surface area contributed by atoms with Crippen molar-refractivity contribution >= 4 is 28.0 Å². The van der Waals surface area contributed by atoms with Crippen LogP contribution in [-0.2, 0) is 0 Å². The monoisotopic (exact) mass is 263 g/mol. The second-order valence-corrected chi connectivity index (χ2v) is 4.92. The summed E-state index contributed by atoms with van der Waals surface area (Å²) in [7, 11) is 2.07. The van der Waals surface area contributed by atoms with Crippen molar-refractivity contribution in [3.63, 3.8) is 0 Å². The number of aryl methyl sites for hydroxylation is 1. The summed E-state index contributed by atoms with van der Waals surface area (Å²) in [6.07, 6.45) is 1.77. The molecule has 0 radical (unpaired) electrons. The lowest BCUT2D eigenvalue weighted by Crippen LogP contribution is -2.11. The predicted molar refractivity (Wildman–Crippen MR) is 85.4 cm³/mol. The van der Waals surface area contributed by atoms with Crippen LogP contribution in [0.1, 0.15) is 5.56 Å². The lowest BCUT2D eigenvalue weighted by atomic mass is 10.1. The zero-order chi connectivity index (χ0) is 14.1. The lowest BCUT2D eigenvalue weighted by Gasteiger charge is -2.23. The van der Waals surface area contributed by atoms with Crippen LogP contribution in [0.3, 0.4) is 0 Å². The van der Waals surface area contributed by atoms with Gasteiger partial charge in [-0.1, -0.05) is 18.2 Å². The highest BCUT2D eigenvalue weighted by atomic mass is 15.1. The summed E-state index contributed by atoms with van der Waals surface area (Å²) < 4.78 is 0. The van der Waals surface area contributed by atoms with Crippen molar-refractivity contribution in [1.82, 2.24) is 4.98 Å². The topological polar surface area (TPSA) is 42.1 Å². The Bertz CT molecular complexity index is 765. The molecule has 2 N–H and O–H groups in total. The zero-order valence-corrected chi connectivity index (χ0v) is 11.7. The Morgan fingerprint density at radius 2 is 1.75 bits per heavy atom. The number of hydrogen-bond donors (Lipinski definition) is 1. The number of benzene rings is 2. The van der Waals surface area contributed by atoms with Crippen LogP contribution in [0.15, 0.2) is 54.7 Å². The van der Waals surface area contributed by atoms with E-state index in [1.807, 2.05) is 18.2 Å². The van der Waals surface area contributed by atoms with Crippen LogP contribution in [0, 0.1) is 6.92 Å². The average Bonchev–Trinajstić information content (AvgIpc) is 2.48. The SMILES string of the molecule is Cc1ccccc1N(C)c1ccc(N)c2ncccc12. The number of nitrogens with zero attached hydrogens (tertiary/aromatic N) is 2. The second kappa shape index (κ2) is 4.85. The molecule has 3 rings (SSSR count). The molecule has 0 aliphatic heterocycles. The molecule has 0 bridgehead atoms. The molecule has 3 aromatic rings. The van der Waals surface area contributed by atoms with E-state index < -0.39 is 0 Å². The van der Waals surface area contributed by atoms with Gasteiger partial charge in [0, 0.05) is 24.3 Å². The second-order valence-electron chi connectivity index (χ2n) is 4.92. The van der Waals surface area contributed by atoms with E-state index in [-0.39, 0.29) is 0 Å². The molecule has 3 heteroatoms. The Balaban J connectivity index is 2.20. The fourth-order valence-corrected chi connectivity index (χ4v) is 2.54. The molecule has 0 saturated carbocycles. The molecule has 0 fully saturated rings. The van der Waals surface area contributed by atoms with Gasteiger partial charge in [0.1, 0.15) is 0 Å². The maximum absolute atomic E-state index is 6.01. The van der Waals surface area contributed by atoms with E-state index in [0.717, 1.165) is 16.6 Å². The molecule has 0 unspecified atom stereocenters. The van der Waals surface area contributed by atoms with Gasteiger partial charge in [-0.25, -0.2) is 0 Å². The van der Waals surface area contributed by atoms with Crippen LogP contribution >= 0.6 is 0 Å². The molecule has 0 aliphatic carbocycles. The number of nitrogens with two attached hydrogens (primary N) is 1. The first-order valence-corrected chi connectivity index (χ1v) is 6.61. The first kappa shape index (κ1) is 12.5. The third-order valence-electron chi connectivity index (χ3n) is 3.62. The van der Waals surface area contributed by atoms with Gasteiger partial charge in [0.15, 0.2) is 0 Å². The van der Waals surface area contributed by atoms with E-state index in [9.17, 15) is 0 Å². The Morgan fingerprint density at radius 3 is 2.55 bits per heavy atom. The molecule has 1 heterocycles. The van der Waals surface area contributed by atoms with Gasteiger partial charge in [0.05, 0.1) is 16.9 Å². The Morgan fingerprint density at radius 1 is 0.950 bits per heavy atom. The minimum atomic E-state index is 0.711. The Labute approximate surface area is 118 Å². The van der Waals surface area contributed by atoms with E-state index >= 15 is 0 Å². The minimum Gasteiger partial charge on any atom is -0.397 e. The number of fused-ring (bicyclic) bond motifs is 1. The number of pyridine rings is 1. The maximum Gasteiger partial charge on any atom is 0.0952 e. The summed E-state index contributed by atoms with van der Waals surface area (Å²) in [6.45, 7) is 2.11. The molecule has 2 aromatic carbocycles. The van der Waals surface area contributed by atoms with Crippen molar-refractivity contribution in [3.05, 3.63) is 60.3 Å². The smallest absolute Gasteiger partial charge is 0.0952 e. The van der Waals surface area contributed by atoms with Crippen LogP contribution < -0.4 is 10.6 Å². The number of aromatic nitrogens is 1. The molecular formula is C17H17N3. The van der Waals surface area contributed by atoms with Crippen LogP contribution in [0.2, 0.25) is 0 Å². The van der Waals surface area contributed by atoms with E-state index in [1.165, 1.54) is 11.3 Å². The largest absolute Gasteiger partial charge is 0.397 e. The van der Waals surface area contributed by atoms with Crippen molar-refractivity contribution in [2.75, 3.05) is 17.7 Å². The summed E-state index contributed by atoms with van der Waals surface area (Å²) in [5.41, 5.74) is 11.1. The normalized spacial score (nSPS) is 10.7. The molecule has 1 aromatic heterocycles. The summed E-state index contributed by atoms with van der Waals surface area (Å²) in [6, 6.07) is 16.3. The molecule has 100 valence electrons. The molecule has 20 heavy (non-hydrogen) atoms. The van der Waals surface area contributed by atoms with Crippen molar-refractivity contribution in [2.45, 2.75) is 6.92 Å². The van der Waals surface area contributed by atoms with Crippen LogP contribution in [-0.4, -0.2) is 12.0 Å². The highest BCUT2D eigenvalue weighted by Crippen LogP contribution is 2.33. The number of nitrogen functional groups attached to an aromatic ring is 1. The highest BCUT2D eigenvalue weighted by molar-refractivity contribution is 6.00. The van der Waals surface area contributed by atoms with Gasteiger partial charge in [-0.3, -0.25) is 4.98 Å². The number of hydrogen-bond acceptors (Lipinski definition) is 3. The van der Waals surface area contributed by atoms with E-state index in [1.54, 1.807) is 6.20 Å². The minimum absolute atomic E-state index is 0.711. The van der Waals surface area contributed by atoms with Crippen LogP contribution in [0.4, 0.5) is 17.1 Å². The highest BCUT2D eigenvalue weighted by Gasteiger charge is 2.11. The molecule has 0 spiro atoms. The molecule has 0 saturated heterocycles. The quantitative estimate of drug-likeness (QED) is 0.713. The summed E-state index contributed by atoms with van der Waals surface area (Å²) in [5, 5.41) is 1.07. The Kier molecular flexibility index (Phi) is 3.03. The fourth-order valence-electron chi connectivity index (χ4n) is 2.54. The molecule has 0 amide bonds. The first-order chi connectivity index (χ1) is 9.68. The van der Waals surface area contributed by atoms with Gasteiger partial charge >= 0.3 is 0 Å². The summed E-state index contributed by atoms with van der Waals surface area (Å²) >= 11 is 0. The Hall–Kier alpha value is -2.55. The summed E-state index contributed by atoms with van der Waals surface area (Å²) in [5.74, 6) is 0. The average molecular weight is 263 g/mol. The van der Waals surface area contributed by atoms with E-state index in [4.69, 9.17) is 5.73 Å². The molecule has 3 nitrogen and oxygen atoms in total. The van der Waals surface area contributed by atoms with Gasteiger partial charge in [0.2, 0.25) is 0 Å². The summed E-state index contributed by atoms with van der Waals surface area (Å²) in [4.78, 5) is 6.57. The van der Waals surface area contributed by atoms with E-state index in [2.05, 4.69) is 54.2 Å². The van der Waals surface area contributed by atoms with Gasteiger partial charge in [-0.15, -0.1) is 0 Å². The van der Waals surface area contributed by atoms with Gasteiger partial charge in [-0.2, -0.15) is 0 Å². The predicted octanol–water partition coefficient (Wildman–Crippen LogP) is 3.89. The molecular weight excluding hydrogens is 246 g/mol. The third-order valence-corrected chi connectivity index (χ3v) is 3.62. The zero-order valence-electron chi connectivity index (χ0n) is 11.7. The van der Waals surface area contributed by atoms with Gasteiger partial charge in [-0.05, 0) is 42.8 Å². The fraction of sp³-hybridized carbons (Fsp3) is 0.118. The van der Waals surface area contributed by atoms with Gasteiger partial charge in [0.25, 0.3) is 0 Å². The van der Waals surface area contributed by atoms with Crippen molar-refractivity contribution < 1.29 is 0 Å². The van der Waals surface area contributed by atoms with Crippen LogP contribution in [0.5, 0.6) is 0 Å². The van der Waals surface area contributed by atoms with Crippen LogP contribution in [0.25, 0.3) is 10.9 Å². The first-order valence-electron chi connectivity index (χ1n) is 6.61. The van der Waals surface area contributed by atoms with Crippen molar-refractivity contribution in [3.8, 4) is 0 Å². The number of anilines is 3. The number of rotatable bonds is 2.